The highest BCUT2D eigenvalue weighted by Gasteiger charge is 2.31. The van der Waals surface area contributed by atoms with Crippen LogP contribution in [0.4, 0.5) is 0 Å². The van der Waals surface area contributed by atoms with Gasteiger partial charge in [-0.3, -0.25) is 14.7 Å². The molecule has 0 saturated carbocycles. The van der Waals surface area contributed by atoms with E-state index >= 15 is 0 Å². The summed E-state index contributed by atoms with van der Waals surface area (Å²) in [6.07, 6.45) is 3.76. The topological polar surface area (TPSA) is 92.1 Å². The third-order valence-corrected chi connectivity index (χ3v) is 4.08. The first-order valence-corrected chi connectivity index (χ1v) is 7.33. The van der Waals surface area contributed by atoms with Crippen LogP contribution in [0.2, 0.25) is 0 Å². The number of aromatic amines is 1. The number of benzene rings is 1. The number of carbonyl (C=O) groups excluding carboxylic acids is 2. The van der Waals surface area contributed by atoms with Crippen LogP contribution in [0.5, 0.6) is 0 Å². The van der Waals surface area contributed by atoms with Crippen LogP contribution in [-0.4, -0.2) is 33.5 Å². The maximum atomic E-state index is 12.6. The molecule has 1 atom stereocenters. The van der Waals surface area contributed by atoms with Gasteiger partial charge in [0, 0.05) is 18.3 Å². The molecule has 0 bridgehead atoms. The number of nitrogens with zero attached hydrogens (tertiary/aromatic N) is 2. The van der Waals surface area contributed by atoms with E-state index in [-0.39, 0.29) is 18.4 Å². The fourth-order valence-corrected chi connectivity index (χ4v) is 3.02. The van der Waals surface area contributed by atoms with Crippen LogP contribution >= 0.6 is 0 Å². The summed E-state index contributed by atoms with van der Waals surface area (Å²) in [6.45, 7) is 0.723. The van der Waals surface area contributed by atoms with Crippen molar-refractivity contribution in [2.45, 2.75) is 25.3 Å². The van der Waals surface area contributed by atoms with Crippen LogP contribution in [-0.2, 0) is 11.2 Å². The van der Waals surface area contributed by atoms with E-state index in [1.165, 1.54) is 0 Å². The number of hydrogen-bond acceptors (Lipinski definition) is 3. The Kier molecular flexibility index (Phi) is 3.91. The minimum atomic E-state index is -0.505. The predicted octanol–water partition coefficient (Wildman–Crippen LogP) is 1.41. The molecule has 2 aromatic rings. The first-order valence-electron chi connectivity index (χ1n) is 7.33. The van der Waals surface area contributed by atoms with Gasteiger partial charge in [-0.15, -0.1) is 0 Å². The summed E-state index contributed by atoms with van der Waals surface area (Å²) in [5, 5.41) is 6.90. The second-order valence-electron chi connectivity index (χ2n) is 5.46. The van der Waals surface area contributed by atoms with E-state index in [1.54, 1.807) is 24.4 Å². The lowest BCUT2D eigenvalue weighted by atomic mass is 10.0. The second kappa shape index (κ2) is 6.01. The number of likely N-dealkylation sites (tertiary alicyclic amines) is 1. The van der Waals surface area contributed by atoms with Crippen molar-refractivity contribution in [2.75, 3.05) is 6.54 Å². The van der Waals surface area contributed by atoms with Crippen molar-refractivity contribution in [1.82, 2.24) is 15.1 Å². The Hall–Kier alpha value is -2.63. The first-order chi connectivity index (χ1) is 10.7. The number of hydrogen-bond donors (Lipinski definition) is 2. The summed E-state index contributed by atoms with van der Waals surface area (Å²) >= 11 is 0. The van der Waals surface area contributed by atoms with Crippen molar-refractivity contribution in [1.29, 1.82) is 0 Å². The Bertz CT molecular complexity index is 681. The van der Waals surface area contributed by atoms with Gasteiger partial charge in [-0.2, -0.15) is 5.10 Å². The van der Waals surface area contributed by atoms with Crippen molar-refractivity contribution in [3.05, 3.63) is 53.3 Å². The number of H-pyrrole nitrogens is 1. The molecule has 1 aliphatic heterocycles. The molecule has 1 unspecified atom stereocenters. The molecule has 0 aliphatic carbocycles. The Labute approximate surface area is 128 Å². The van der Waals surface area contributed by atoms with Crippen LogP contribution in [0, 0.1) is 0 Å². The maximum absolute atomic E-state index is 12.6. The standard InChI is InChI=1S/C16H18N4O2/c17-16(22)12-5-2-1-4-11(12)10-15(21)20-9-3-6-14(20)13-7-8-18-19-13/h1-2,4-5,7-8,14H,3,6,9-10H2,(H2,17,22)(H,18,19). The second-order valence-corrected chi connectivity index (χ2v) is 5.46. The van der Waals surface area contributed by atoms with Gasteiger partial charge in [-0.05, 0) is 30.5 Å². The van der Waals surface area contributed by atoms with Gasteiger partial charge >= 0.3 is 0 Å². The predicted molar refractivity (Wildman–Crippen MR) is 80.9 cm³/mol. The average molecular weight is 298 g/mol. The molecule has 1 fully saturated rings. The molecule has 3 rings (SSSR count). The minimum absolute atomic E-state index is 0.00537. The molecule has 0 spiro atoms. The summed E-state index contributed by atoms with van der Waals surface area (Å²) in [6, 6.07) is 8.92. The number of aromatic nitrogens is 2. The molecule has 0 radical (unpaired) electrons. The number of nitrogens with one attached hydrogen (secondary N) is 1. The molecule has 1 aromatic heterocycles. The van der Waals surface area contributed by atoms with Crippen molar-refractivity contribution >= 4 is 11.8 Å². The first kappa shape index (κ1) is 14.3. The molecule has 22 heavy (non-hydrogen) atoms. The zero-order valence-corrected chi connectivity index (χ0v) is 12.2. The van der Waals surface area contributed by atoms with Gasteiger partial charge in [-0.1, -0.05) is 18.2 Å². The molecule has 1 aliphatic rings. The lowest BCUT2D eigenvalue weighted by molar-refractivity contribution is -0.131. The van der Waals surface area contributed by atoms with Crippen LogP contribution in [0.15, 0.2) is 36.5 Å². The Morgan fingerprint density at radius 1 is 1.32 bits per heavy atom. The Morgan fingerprint density at radius 2 is 2.14 bits per heavy atom. The monoisotopic (exact) mass is 298 g/mol. The van der Waals surface area contributed by atoms with E-state index in [2.05, 4.69) is 10.2 Å². The lowest BCUT2D eigenvalue weighted by Crippen LogP contribution is -2.32. The van der Waals surface area contributed by atoms with Gasteiger partial charge in [0.1, 0.15) is 0 Å². The highest BCUT2D eigenvalue weighted by Crippen LogP contribution is 2.31. The zero-order chi connectivity index (χ0) is 15.5. The normalized spacial score (nSPS) is 17.6. The van der Waals surface area contributed by atoms with Gasteiger partial charge in [-0.25, -0.2) is 0 Å². The molecule has 1 aromatic carbocycles. The molecule has 3 N–H and O–H groups in total. The fourth-order valence-electron chi connectivity index (χ4n) is 3.02. The number of carbonyl (C=O) groups is 2. The molecule has 2 heterocycles. The van der Waals surface area contributed by atoms with Gasteiger partial charge in [0.25, 0.3) is 0 Å². The SMILES string of the molecule is NC(=O)c1ccccc1CC(=O)N1CCCC1c1ccn[nH]1. The minimum Gasteiger partial charge on any atom is -0.366 e. The van der Waals surface area contributed by atoms with E-state index in [0.29, 0.717) is 11.1 Å². The molecular formula is C16H18N4O2. The van der Waals surface area contributed by atoms with Gasteiger partial charge in [0.05, 0.1) is 18.2 Å². The smallest absolute Gasteiger partial charge is 0.248 e. The van der Waals surface area contributed by atoms with Crippen molar-refractivity contribution in [3.8, 4) is 0 Å². The summed E-state index contributed by atoms with van der Waals surface area (Å²) in [5.74, 6) is -0.499. The molecule has 1 saturated heterocycles. The van der Waals surface area contributed by atoms with Crippen LogP contribution in [0.3, 0.4) is 0 Å². The largest absolute Gasteiger partial charge is 0.366 e. The number of amides is 2. The summed E-state index contributed by atoms with van der Waals surface area (Å²) < 4.78 is 0. The summed E-state index contributed by atoms with van der Waals surface area (Å²) in [5.41, 5.74) is 7.41. The highest BCUT2D eigenvalue weighted by atomic mass is 16.2. The molecule has 6 nitrogen and oxygen atoms in total. The van der Waals surface area contributed by atoms with Crippen LogP contribution in [0.25, 0.3) is 0 Å². The Balaban J connectivity index is 1.79. The third-order valence-electron chi connectivity index (χ3n) is 4.08. The molecular weight excluding hydrogens is 280 g/mol. The van der Waals surface area contributed by atoms with Gasteiger partial charge < -0.3 is 10.6 Å². The van der Waals surface area contributed by atoms with Crippen LogP contribution < -0.4 is 5.73 Å². The van der Waals surface area contributed by atoms with E-state index in [0.717, 1.165) is 25.1 Å². The van der Waals surface area contributed by atoms with Gasteiger partial charge in [0.2, 0.25) is 11.8 Å². The lowest BCUT2D eigenvalue weighted by Gasteiger charge is -2.24. The van der Waals surface area contributed by atoms with E-state index in [4.69, 9.17) is 5.73 Å². The van der Waals surface area contributed by atoms with E-state index < -0.39 is 5.91 Å². The van der Waals surface area contributed by atoms with Gasteiger partial charge in [0.15, 0.2) is 0 Å². The summed E-state index contributed by atoms with van der Waals surface area (Å²) in [4.78, 5) is 25.9. The zero-order valence-electron chi connectivity index (χ0n) is 12.2. The third kappa shape index (κ3) is 2.72. The number of primary amides is 1. The van der Waals surface area contributed by atoms with Crippen molar-refractivity contribution in [2.24, 2.45) is 5.73 Å². The quantitative estimate of drug-likeness (QED) is 0.894. The molecule has 6 heteroatoms. The fraction of sp³-hybridized carbons (Fsp3) is 0.312. The average Bonchev–Trinajstić information content (AvgIpc) is 3.18. The molecule has 114 valence electrons. The highest BCUT2D eigenvalue weighted by molar-refractivity contribution is 5.95. The number of rotatable bonds is 4. The summed E-state index contributed by atoms with van der Waals surface area (Å²) in [7, 11) is 0. The number of nitrogens with two attached hydrogens (primary N) is 1. The van der Waals surface area contributed by atoms with Crippen molar-refractivity contribution in [3.63, 3.8) is 0 Å². The maximum Gasteiger partial charge on any atom is 0.248 e. The van der Waals surface area contributed by atoms with E-state index in [9.17, 15) is 9.59 Å². The van der Waals surface area contributed by atoms with Crippen molar-refractivity contribution < 1.29 is 9.59 Å². The Morgan fingerprint density at radius 3 is 2.86 bits per heavy atom. The van der Waals surface area contributed by atoms with Crippen LogP contribution in [0.1, 0.15) is 40.5 Å². The molecule has 2 amide bonds. The van der Waals surface area contributed by atoms with E-state index in [1.807, 2.05) is 17.0 Å².